The van der Waals surface area contributed by atoms with Gasteiger partial charge in [-0.2, -0.15) is 20.9 Å². The lowest BCUT2D eigenvalue weighted by Crippen LogP contribution is -2.35. The van der Waals surface area contributed by atoms with Gasteiger partial charge >= 0.3 is 0 Å². The van der Waals surface area contributed by atoms with Crippen LogP contribution in [-0.4, -0.2) is 31.1 Å². The van der Waals surface area contributed by atoms with Crippen LogP contribution < -0.4 is 0 Å². The summed E-state index contributed by atoms with van der Waals surface area (Å²) in [6.07, 6.45) is 1.61. The summed E-state index contributed by atoms with van der Waals surface area (Å²) in [6, 6.07) is 4.12. The van der Waals surface area contributed by atoms with Crippen molar-refractivity contribution < 1.29 is 8.42 Å². The first-order valence-corrected chi connectivity index (χ1v) is 8.98. The third-order valence-electron chi connectivity index (χ3n) is 3.58. The SMILES string of the molecule is C[C@@H]1C[C@H](c2ccsc2)CN1S(=O)(=O)CCCC#N. The quantitative estimate of drug-likeness (QED) is 0.785. The second-order valence-corrected chi connectivity index (χ2v) is 7.81. The molecule has 1 aromatic rings. The van der Waals surface area contributed by atoms with E-state index in [-0.39, 0.29) is 11.8 Å². The number of rotatable bonds is 5. The van der Waals surface area contributed by atoms with Gasteiger partial charge in [0, 0.05) is 24.9 Å². The summed E-state index contributed by atoms with van der Waals surface area (Å²) in [5.41, 5.74) is 1.24. The number of hydrogen-bond acceptors (Lipinski definition) is 4. The summed E-state index contributed by atoms with van der Waals surface area (Å²) in [5.74, 6) is 0.397. The fourth-order valence-corrected chi connectivity index (χ4v) is 5.12. The minimum atomic E-state index is -3.22. The van der Waals surface area contributed by atoms with E-state index in [1.54, 1.807) is 15.6 Å². The van der Waals surface area contributed by atoms with Crippen molar-refractivity contribution in [3.63, 3.8) is 0 Å². The molecular weight excluding hydrogens is 280 g/mol. The Hall–Kier alpha value is -0.900. The van der Waals surface area contributed by atoms with Gasteiger partial charge in [-0.15, -0.1) is 0 Å². The molecule has 0 saturated carbocycles. The van der Waals surface area contributed by atoms with Crippen molar-refractivity contribution in [3.8, 4) is 6.07 Å². The van der Waals surface area contributed by atoms with Gasteiger partial charge in [-0.05, 0) is 42.2 Å². The molecule has 1 aliphatic heterocycles. The van der Waals surface area contributed by atoms with Crippen LogP contribution in [0.4, 0.5) is 0 Å². The van der Waals surface area contributed by atoms with Gasteiger partial charge in [0.15, 0.2) is 0 Å². The van der Waals surface area contributed by atoms with Crippen molar-refractivity contribution in [2.45, 2.75) is 38.1 Å². The number of nitrogens with zero attached hydrogens (tertiary/aromatic N) is 2. The first kappa shape index (κ1) is 14.5. The molecule has 19 heavy (non-hydrogen) atoms. The van der Waals surface area contributed by atoms with Gasteiger partial charge < -0.3 is 0 Å². The Morgan fingerprint density at radius 3 is 3.00 bits per heavy atom. The van der Waals surface area contributed by atoms with E-state index < -0.39 is 10.0 Å². The van der Waals surface area contributed by atoms with Crippen LogP contribution in [0, 0.1) is 11.3 Å². The third kappa shape index (κ3) is 3.35. The van der Waals surface area contributed by atoms with Crippen LogP contribution in [0.2, 0.25) is 0 Å². The lowest BCUT2D eigenvalue weighted by Gasteiger charge is -2.20. The van der Waals surface area contributed by atoms with E-state index in [4.69, 9.17) is 5.26 Å². The van der Waals surface area contributed by atoms with Crippen LogP contribution in [0.5, 0.6) is 0 Å². The molecule has 0 unspecified atom stereocenters. The second kappa shape index (κ2) is 6.04. The molecule has 1 aromatic heterocycles. The van der Waals surface area contributed by atoms with Crippen molar-refractivity contribution in [2.75, 3.05) is 12.3 Å². The van der Waals surface area contributed by atoms with E-state index in [0.717, 1.165) is 6.42 Å². The van der Waals surface area contributed by atoms with Gasteiger partial charge in [0.25, 0.3) is 0 Å². The van der Waals surface area contributed by atoms with Crippen LogP contribution in [-0.2, 0) is 10.0 Å². The van der Waals surface area contributed by atoms with Crippen LogP contribution in [0.3, 0.4) is 0 Å². The molecule has 2 heterocycles. The van der Waals surface area contributed by atoms with Gasteiger partial charge in [-0.1, -0.05) is 0 Å². The molecule has 2 rings (SSSR count). The minimum Gasteiger partial charge on any atom is -0.212 e. The fraction of sp³-hybridized carbons (Fsp3) is 0.615. The van der Waals surface area contributed by atoms with Gasteiger partial charge in [-0.3, -0.25) is 0 Å². The molecule has 104 valence electrons. The van der Waals surface area contributed by atoms with Crippen LogP contribution >= 0.6 is 11.3 Å². The summed E-state index contributed by atoms with van der Waals surface area (Å²) >= 11 is 1.65. The zero-order valence-electron chi connectivity index (χ0n) is 10.9. The topological polar surface area (TPSA) is 61.2 Å². The van der Waals surface area contributed by atoms with E-state index in [0.29, 0.717) is 25.3 Å². The molecule has 0 radical (unpaired) electrons. The number of unbranched alkanes of at least 4 members (excludes halogenated alkanes) is 1. The van der Waals surface area contributed by atoms with Crippen molar-refractivity contribution >= 4 is 21.4 Å². The molecule has 0 aliphatic carbocycles. The van der Waals surface area contributed by atoms with Gasteiger partial charge in [0.05, 0.1) is 11.8 Å². The summed E-state index contributed by atoms with van der Waals surface area (Å²) in [4.78, 5) is 0. The lowest BCUT2D eigenvalue weighted by molar-refractivity contribution is 0.406. The van der Waals surface area contributed by atoms with Crippen LogP contribution in [0.1, 0.15) is 37.7 Å². The standard InChI is InChI=1S/C13H18N2O2S2/c1-11-8-13(12-4-6-18-10-12)9-15(11)19(16,17)7-3-2-5-14/h4,6,10-11,13H,2-3,7-9H2,1H3/t11-,13+/m1/s1. The summed E-state index contributed by atoms with van der Waals surface area (Å²) < 4.78 is 26.1. The Labute approximate surface area is 118 Å². The van der Waals surface area contributed by atoms with E-state index in [9.17, 15) is 8.42 Å². The maximum absolute atomic E-state index is 12.3. The average molecular weight is 298 g/mol. The maximum atomic E-state index is 12.3. The largest absolute Gasteiger partial charge is 0.214 e. The predicted octanol–water partition coefficient (Wildman–Crippen LogP) is 2.56. The molecule has 0 N–H and O–H groups in total. The average Bonchev–Trinajstić information content (AvgIpc) is 2.97. The zero-order valence-corrected chi connectivity index (χ0v) is 12.6. The highest BCUT2D eigenvalue weighted by molar-refractivity contribution is 7.89. The molecule has 0 spiro atoms. The third-order valence-corrected chi connectivity index (χ3v) is 6.31. The number of nitriles is 1. The zero-order chi connectivity index (χ0) is 13.9. The second-order valence-electron chi connectivity index (χ2n) is 4.99. The first-order valence-electron chi connectivity index (χ1n) is 6.43. The van der Waals surface area contributed by atoms with Crippen molar-refractivity contribution in [1.29, 1.82) is 5.26 Å². The van der Waals surface area contributed by atoms with Crippen LogP contribution in [0.25, 0.3) is 0 Å². The smallest absolute Gasteiger partial charge is 0.212 e. The van der Waals surface area contributed by atoms with Crippen molar-refractivity contribution in [3.05, 3.63) is 22.4 Å². The molecule has 2 atom stereocenters. The molecule has 1 fully saturated rings. The Kier molecular flexibility index (Phi) is 4.61. The summed E-state index contributed by atoms with van der Waals surface area (Å²) in [7, 11) is -3.22. The van der Waals surface area contributed by atoms with E-state index in [1.165, 1.54) is 5.56 Å². The maximum Gasteiger partial charge on any atom is 0.214 e. The lowest BCUT2D eigenvalue weighted by atomic mass is 10.00. The molecule has 1 saturated heterocycles. The van der Waals surface area contributed by atoms with E-state index >= 15 is 0 Å². The highest BCUT2D eigenvalue weighted by atomic mass is 32.2. The molecule has 1 aliphatic rings. The normalized spacial score (nSPS) is 24.4. The number of hydrogen-bond donors (Lipinski definition) is 0. The number of sulfonamides is 1. The Balaban J connectivity index is 2.03. The Morgan fingerprint density at radius 2 is 2.37 bits per heavy atom. The molecule has 0 aromatic carbocycles. The van der Waals surface area contributed by atoms with E-state index in [2.05, 4.69) is 11.4 Å². The molecule has 4 nitrogen and oxygen atoms in total. The molecule has 6 heteroatoms. The van der Waals surface area contributed by atoms with Gasteiger partial charge in [-0.25, -0.2) is 8.42 Å². The monoisotopic (exact) mass is 298 g/mol. The van der Waals surface area contributed by atoms with Crippen molar-refractivity contribution in [1.82, 2.24) is 4.31 Å². The molecule has 0 bridgehead atoms. The van der Waals surface area contributed by atoms with Crippen LogP contribution in [0.15, 0.2) is 16.8 Å². The Bertz CT molecular complexity index is 546. The summed E-state index contributed by atoms with van der Waals surface area (Å²) in [5, 5.41) is 12.6. The van der Waals surface area contributed by atoms with Crippen molar-refractivity contribution in [2.24, 2.45) is 0 Å². The highest BCUT2D eigenvalue weighted by Gasteiger charge is 2.37. The molecular formula is C13H18N2O2S2. The van der Waals surface area contributed by atoms with E-state index in [1.807, 2.05) is 18.4 Å². The highest BCUT2D eigenvalue weighted by Crippen LogP contribution is 2.34. The predicted molar refractivity (Wildman–Crippen MR) is 76.5 cm³/mol. The minimum absolute atomic E-state index is 0.0528. The Morgan fingerprint density at radius 1 is 1.58 bits per heavy atom. The van der Waals surface area contributed by atoms with Gasteiger partial charge in [0.2, 0.25) is 10.0 Å². The first-order chi connectivity index (χ1) is 9.04. The summed E-state index contributed by atoms with van der Waals surface area (Å²) in [6.45, 7) is 2.54. The number of thiophene rings is 1. The fourth-order valence-electron chi connectivity index (χ4n) is 2.59. The molecule has 0 amide bonds. The van der Waals surface area contributed by atoms with Gasteiger partial charge in [0.1, 0.15) is 0 Å².